The number of methoxy groups -OCH3 is 1. The number of sulfonamides is 1. The van der Waals surface area contributed by atoms with E-state index in [0.29, 0.717) is 31.0 Å². The first-order chi connectivity index (χ1) is 16.7. The van der Waals surface area contributed by atoms with E-state index in [4.69, 9.17) is 14.7 Å². The number of carbonyl (C=O) groups is 2. The Morgan fingerprint density at radius 2 is 1.60 bits per heavy atom. The van der Waals surface area contributed by atoms with Gasteiger partial charge >= 0.3 is 0 Å². The van der Waals surface area contributed by atoms with Crippen LogP contribution < -0.4 is 20.3 Å². The largest absolute Gasteiger partial charge is 0.497 e. The molecule has 1 atom stereocenters. The molecule has 3 N–H and O–H groups in total. The van der Waals surface area contributed by atoms with Gasteiger partial charge in [0.1, 0.15) is 24.1 Å². The van der Waals surface area contributed by atoms with Gasteiger partial charge in [-0.2, -0.15) is 4.31 Å². The van der Waals surface area contributed by atoms with E-state index in [9.17, 15) is 18.0 Å². The Morgan fingerprint density at radius 1 is 1.00 bits per heavy atom. The average Bonchev–Trinajstić information content (AvgIpc) is 2.87. The summed E-state index contributed by atoms with van der Waals surface area (Å²) in [6.07, 6.45) is 1.14. The molecule has 0 radical (unpaired) electrons. The average molecular weight is 507 g/mol. The predicted octanol–water partition coefficient (Wildman–Crippen LogP) is 0.455. The standard InChI is InChI=1S/C23H30N4O7S/c1-33-19-7-3-17(4-8-19)16-34-20-9-5-18(6-10-20)22(28)24-15-21(23(29)25-30)26-11-13-27(14-12-26)35(2,31)32/h3-10,21,30H,11-16H2,1-2H3,(H,24,28)(H,25,29)/t21-/m0/s1. The van der Waals surface area contributed by atoms with Gasteiger partial charge in [-0.3, -0.25) is 19.7 Å². The fourth-order valence-electron chi connectivity index (χ4n) is 3.69. The molecule has 35 heavy (non-hydrogen) atoms. The van der Waals surface area contributed by atoms with Gasteiger partial charge in [0.15, 0.2) is 0 Å². The van der Waals surface area contributed by atoms with Crippen molar-refractivity contribution in [3.8, 4) is 11.5 Å². The van der Waals surface area contributed by atoms with Crippen molar-refractivity contribution in [3.05, 3.63) is 59.7 Å². The summed E-state index contributed by atoms with van der Waals surface area (Å²) in [5.41, 5.74) is 2.97. The van der Waals surface area contributed by atoms with Crippen molar-refractivity contribution in [1.82, 2.24) is 20.0 Å². The molecule has 3 rings (SSSR count). The first-order valence-electron chi connectivity index (χ1n) is 11.0. The highest BCUT2D eigenvalue weighted by atomic mass is 32.2. The van der Waals surface area contributed by atoms with Gasteiger partial charge in [0.25, 0.3) is 11.8 Å². The number of rotatable bonds is 10. The van der Waals surface area contributed by atoms with Crippen LogP contribution in [0.5, 0.6) is 11.5 Å². The summed E-state index contributed by atoms with van der Waals surface area (Å²) >= 11 is 0. The van der Waals surface area contributed by atoms with Crippen molar-refractivity contribution >= 4 is 21.8 Å². The number of amides is 2. The zero-order chi connectivity index (χ0) is 25.4. The summed E-state index contributed by atoms with van der Waals surface area (Å²) in [5, 5.41) is 11.8. The second-order valence-electron chi connectivity index (χ2n) is 8.06. The predicted molar refractivity (Wildman–Crippen MR) is 128 cm³/mol. The van der Waals surface area contributed by atoms with E-state index in [2.05, 4.69) is 5.32 Å². The number of nitrogens with one attached hydrogen (secondary N) is 2. The van der Waals surface area contributed by atoms with E-state index in [1.54, 1.807) is 41.8 Å². The third kappa shape index (κ3) is 7.39. The van der Waals surface area contributed by atoms with Gasteiger partial charge in [0.2, 0.25) is 10.0 Å². The van der Waals surface area contributed by atoms with Gasteiger partial charge < -0.3 is 14.8 Å². The minimum atomic E-state index is -3.32. The normalized spacial score (nSPS) is 15.7. The second kappa shape index (κ2) is 12.0. The molecule has 0 unspecified atom stereocenters. The van der Waals surface area contributed by atoms with E-state index >= 15 is 0 Å². The van der Waals surface area contributed by atoms with Crippen molar-refractivity contribution < 1.29 is 32.7 Å². The Balaban J connectivity index is 1.53. The third-order valence-corrected chi connectivity index (χ3v) is 7.04. The van der Waals surface area contributed by atoms with Crippen LogP contribution in [0, 0.1) is 0 Å². The molecule has 2 aromatic carbocycles. The Hall–Kier alpha value is -3.19. The van der Waals surface area contributed by atoms with Crippen LogP contribution >= 0.6 is 0 Å². The van der Waals surface area contributed by atoms with E-state index in [-0.39, 0.29) is 19.6 Å². The number of hydrogen-bond acceptors (Lipinski definition) is 8. The number of carbonyl (C=O) groups excluding carboxylic acids is 2. The van der Waals surface area contributed by atoms with Gasteiger partial charge in [0, 0.05) is 38.3 Å². The third-order valence-electron chi connectivity index (χ3n) is 5.73. The summed E-state index contributed by atoms with van der Waals surface area (Å²) in [4.78, 5) is 26.5. The van der Waals surface area contributed by atoms with E-state index < -0.39 is 27.9 Å². The summed E-state index contributed by atoms with van der Waals surface area (Å²) in [7, 11) is -1.71. The van der Waals surface area contributed by atoms with Gasteiger partial charge in [-0.1, -0.05) is 12.1 Å². The van der Waals surface area contributed by atoms with Crippen LogP contribution in [0.2, 0.25) is 0 Å². The van der Waals surface area contributed by atoms with Gasteiger partial charge in [-0.25, -0.2) is 13.9 Å². The molecule has 0 bridgehead atoms. The molecule has 1 fully saturated rings. The lowest BCUT2D eigenvalue weighted by molar-refractivity contribution is -0.135. The molecular formula is C23H30N4O7S. The Morgan fingerprint density at radius 3 is 2.14 bits per heavy atom. The minimum absolute atomic E-state index is 0.0557. The summed E-state index contributed by atoms with van der Waals surface area (Å²) in [6, 6.07) is 13.3. The van der Waals surface area contributed by atoms with Gasteiger partial charge in [-0.15, -0.1) is 0 Å². The molecule has 0 saturated carbocycles. The fourth-order valence-corrected chi connectivity index (χ4v) is 4.52. The molecule has 0 aliphatic carbocycles. The first-order valence-corrected chi connectivity index (χ1v) is 12.8. The lowest BCUT2D eigenvalue weighted by Crippen LogP contribution is -2.58. The molecular weight excluding hydrogens is 476 g/mol. The fraction of sp³-hybridized carbons (Fsp3) is 0.391. The minimum Gasteiger partial charge on any atom is -0.497 e. The SMILES string of the molecule is COc1ccc(COc2ccc(C(=O)NC[C@@H](C(=O)NO)N3CCN(S(C)(=O)=O)CC3)cc2)cc1. The van der Waals surface area contributed by atoms with Crippen LogP contribution in [-0.4, -0.2) is 86.8 Å². The first kappa shape index (κ1) is 26.4. The zero-order valence-corrected chi connectivity index (χ0v) is 20.5. The molecule has 0 spiro atoms. The molecule has 1 aliphatic heterocycles. The van der Waals surface area contributed by atoms with Crippen LogP contribution in [0.3, 0.4) is 0 Å². The zero-order valence-electron chi connectivity index (χ0n) is 19.6. The molecule has 190 valence electrons. The van der Waals surface area contributed by atoms with Crippen LogP contribution in [0.4, 0.5) is 0 Å². The quantitative estimate of drug-likeness (QED) is 0.312. The number of nitrogens with zero attached hydrogens (tertiary/aromatic N) is 2. The molecule has 0 aromatic heterocycles. The number of hydroxylamine groups is 1. The Labute approximate surface area is 204 Å². The second-order valence-corrected chi connectivity index (χ2v) is 10.0. The van der Waals surface area contributed by atoms with Crippen LogP contribution in [0.15, 0.2) is 48.5 Å². The van der Waals surface area contributed by atoms with Crippen molar-refractivity contribution in [2.45, 2.75) is 12.6 Å². The maximum absolute atomic E-state index is 12.6. The Bertz CT molecular complexity index is 1100. The van der Waals surface area contributed by atoms with Crippen LogP contribution in [0.25, 0.3) is 0 Å². The molecule has 2 amide bonds. The number of hydrogen-bond donors (Lipinski definition) is 3. The molecule has 11 nitrogen and oxygen atoms in total. The van der Waals surface area contributed by atoms with Crippen molar-refractivity contribution in [2.24, 2.45) is 0 Å². The summed E-state index contributed by atoms with van der Waals surface area (Å²) in [5.74, 6) is 0.287. The van der Waals surface area contributed by atoms with Gasteiger partial charge in [-0.05, 0) is 42.0 Å². The number of ether oxygens (including phenoxy) is 2. The van der Waals surface area contributed by atoms with Gasteiger partial charge in [0.05, 0.1) is 13.4 Å². The van der Waals surface area contributed by atoms with Crippen LogP contribution in [-0.2, 0) is 21.4 Å². The van der Waals surface area contributed by atoms with Crippen molar-refractivity contribution in [2.75, 3.05) is 46.1 Å². The maximum atomic E-state index is 12.6. The van der Waals surface area contributed by atoms with Crippen LogP contribution in [0.1, 0.15) is 15.9 Å². The highest BCUT2D eigenvalue weighted by Gasteiger charge is 2.31. The number of benzene rings is 2. The summed E-state index contributed by atoms with van der Waals surface area (Å²) in [6.45, 7) is 1.34. The smallest absolute Gasteiger partial charge is 0.262 e. The monoisotopic (exact) mass is 506 g/mol. The molecule has 1 aliphatic rings. The lowest BCUT2D eigenvalue weighted by Gasteiger charge is -2.37. The molecule has 1 heterocycles. The maximum Gasteiger partial charge on any atom is 0.262 e. The highest BCUT2D eigenvalue weighted by Crippen LogP contribution is 2.17. The summed E-state index contributed by atoms with van der Waals surface area (Å²) < 4.78 is 35.6. The van der Waals surface area contributed by atoms with E-state index in [1.807, 2.05) is 24.3 Å². The molecule has 1 saturated heterocycles. The van der Waals surface area contributed by atoms with Crippen molar-refractivity contribution in [3.63, 3.8) is 0 Å². The molecule has 2 aromatic rings. The Kier molecular flexibility index (Phi) is 9.04. The van der Waals surface area contributed by atoms with E-state index in [0.717, 1.165) is 17.6 Å². The number of piperazine rings is 1. The molecule has 12 heteroatoms. The topological polar surface area (TPSA) is 138 Å². The lowest BCUT2D eigenvalue weighted by atomic mass is 10.1. The van der Waals surface area contributed by atoms with Crippen molar-refractivity contribution in [1.29, 1.82) is 0 Å². The van der Waals surface area contributed by atoms with E-state index in [1.165, 1.54) is 4.31 Å². The highest BCUT2D eigenvalue weighted by molar-refractivity contribution is 7.88.